The van der Waals surface area contributed by atoms with Crippen LogP contribution in [0.1, 0.15) is 12.0 Å². The van der Waals surface area contributed by atoms with Crippen LogP contribution in [0.3, 0.4) is 0 Å². The van der Waals surface area contributed by atoms with Crippen LogP contribution in [0.15, 0.2) is 36.8 Å². The summed E-state index contributed by atoms with van der Waals surface area (Å²) in [4.78, 5) is 20.5. The second kappa shape index (κ2) is 7.97. The molecule has 4 heterocycles. The molecular weight excluding hydrogens is 328 g/mol. The van der Waals surface area contributed by atoms with Gasteiger partial charge in [-0.1, -0.05) is 6.07 Å². The van der Waals surface area contributed by atoms with Crippen molar-refractivity contribution in [3.05, 3.63) is 42.4 Å². The minimum absolute atomic E-state index is 0.471. The molecule has 4 rings (SSSR count). The average molecular weight is 354 g/mol. The Morgan fingerprint density at radius 2 is 2.08 bits per heavy atom. The monoisotopic (exact) mass is 354 g/mol. The highest BCUT2D eigenvalue weighted by Crippen LogP contribution is 2.22. The summed E-state index contributed by atoms with van der Waals surface area (Å²) >= 11 is 0. The molecule has 0 amide bonds. The van der Waals surface area contributed by atoms with Gasteiger partial charge < -0.3 is 14.5 Å². The molecule has 7 heteroatoms. The van der Waals surface area contributed by atoms with Crippen LogP contribution in [0, 0.1) is 0 Å². The third kappa shape index (κ3) is 3.94. The van der Waals surface area contributed by atoms with Crippen LogP contribution in [0.4, 0.5) is 11.8 Å². The van der Waals surface area contributed by atoms with Gasteiger partial charge in [0.25, 0.3) is 0 Å². The maximum absolute atomic E-state index is 5.42. The molecule has 0 radical (unpaired) electrons. The van der Waals surface area contributed by atoms with Crippen molar-refractivity contribution in [2.24, 2.45) is 0 Å². The number of rotatable bonds is 5. The zero-order chi connectivity index (χ0) is 17.8. The standard InChI is InChI=1S/C19H26N6O/c1-23(17-5-8-24(15-17)14-16-3-2-6-20-13-16)18-4-7-21-19(22-18)25-9-11-26-12-10-25/h2-4,6-7,13,17H,5,8-12,14-15H2,1H3. The number of nitrogens with zero attached hydrogens (tertiary/aromatic N) is 6. The van der Waals surface area contributed by atoms with Crippen molar-refractivity contribution in [2.75, 3.05) is 56.2 Å². The number of aromatic nitrogens is 3. The van der Waals surface area contributed by atoms with Crippen molar-refractivity contribution in [1.29, 1.82) is 0 Å². The Hall–Kier alpha value is -2.25. The number of likely N-dealkylation sites (tertiary alicyclic amines) is 1. The van der Waals surface area contributed by atoms with Crippen LogP contribution < -0.4 is 9.80 Å². The van der Waals surface area contributed by atoms with Crippen molar-refractivity contribution in [2.45, 2.75) is 19.0 Å². The van der Waals surface area contributed by atoms with E-state index in [4.69, 9.17) is 9.72 Å². The Labute approximate surface area is 154 Å². The lowest BCUT2D eigenvalue weighted by Gasteiger charge is -2.29. The smallest absolute Gasteiger partial charge is 0.227 e. The van der Waals surface area contributed by atoms with Crippen molar-refractivity contribution in [3.8, 4) is 0 Å². The van der Waals surface area contributed by atoms with E-state index in [2.05, 4.69) is 37.8 Å². The summed E-state index contributed by atoms with van der Waals surface area (Å²) in [6.45, 7) is 6.31. The first kappa shape index (κ1) is 17.2. The van der Waals surface area contributed by atoms with Crippen molar-refractivity contribution in [1.82, 2.24) is 19.9 Å². The fraction of sp³-hybridized carbons (Fsp3) is 0.526. The Morgan fingerprint density at radius 3 is 2.88 bits per heavy atom. The fourth-order valence-corrected chi connectivity index (χ4v) is 3.66. The SMILES string of the molecule is CN(c1ccnc(N2CCOCC2)n1)C1CCN(Cc2cccnc2)C1. The molecule has 1 atom stereocenters. The summed E-state index contributed by atoms with van der Waals surface area (Å²) in [5.41, 5.74) is 1.27. The first-order valence-corrected chi connectivity index (χ1v) is 9.29. The summed E-state index contributed by atoms with van der Waals surface area (Å²) in [5.74, 6) is 1.80. The molecule has 0 saturated carbocycles. The zero-order valence-electron chi connectivity index (χ0n) is 15.3. The van der Waals surface area contributed by atoms with Gasteiger partial charge in [0.05, 0.1) is 13.2 Å². The van der Waals surface area contributed by atoms with Gasteiger partial charge in [-0.25, -0.2) is 4.98 Å². The molecule has 2 aromatic rings. The second-order valence-corrected chi connectivity index (χ2v) is 6.96. The molecule has 0 aliphatic carbocycles. The molecule has 0 bridgehead atoms. The van der Waals surface area contributed by atoms with Gasteiger partial charge in [0, 0.05) is 64.4 Å². The highest BCUT2D eigenvalue weighted by Gasteiger charge is 2.27. The molecule has 2 saturated heterocycles. The van der Waals surface area contributed by atoms with Crippen molar-refractivity contribution in [3.63, 3.8) is 0 Å². The molecular formula is C19H26N6O. The Bertz CT molecular complexity index is 706. The number of likely N-dealkylation sites (N-methyl/N-ethyl adjacent to an activating group) is 1. The van der Waals surface area contributed by atoms with E-state index in [9.17, 15) is 0 Å². The van der Waals surface area contributed by atoms with Crippen LogP contribution in [-0.4, -0.2) is 72.3 Å². The summed E-state index contributed by atoms with van der Waals surface area (Å²) in [7, 11) is 2.14. The molecule has 2 fully saturated rings. The minimum Gasteiger partial charge on any atom is -0.378 e. The van der Waals surface area contributed by atoms with Gasteiger partial charge in [-0.3, -0.25) is 9.88 Å². The molecule has 26 heavy (non-hydrogen) atoms. The number of ether oxygens (including phenoxy) is 1. The summed E-state index contributed by atoms with van der Waals surface area (Å²) in [6, 6.07) is 6.62. The van der Waals surface area contributed by atoms with Gasteiger partial charge in [0.2, 0.25) is 5.95 Å². The quantitative estimate of drug-likeness (QED) is 0.805. The topological polar surface area (TPSA) is 57.6 Å². The van der Waals surface area contributed by atoms with E-state index in [0.29, 0.717) is 6.04 Å². The maximum Gasteiger partial charge on any atom is 0.227 e. The molecule has 0 spiro atoms. The lowest BCUT2D eigenvalue weighted by molar-refractivity contribution is 0.122. The van der Waals surface area contributed by atoms with Gasteiger partial charge >= 0.3 is 0 Å². The summed E-state index contributed by atoms with van der Waals surface area (Å²) in [6.07, 6.45) is 6.79. The number of anilines is 2. The minimum atomic E-state index is 0.471. The highest BCUT2D eigenvalue weighted by molar-refractivity contribution is 5.44. The highest BCUT2D eigenvalue weighted by atomic mass is 16.5. The van der Waals surface area contributed by atoms with Crippen LogP contribution in [-0.2, 0) is 11.3 Å². The van der Waals surface area contributed by atoms with E-state index in [-0.39, 0.29) is 0 Å². The molecule has 2 aliphatic heterocycles. The van der Waals surface area contributed by atoms with Crippen LogP contribution in [0.5, 0.6) is 0 Å². The predicted octanol–water partition coefficient (Wildman–Crippen LogP) is 1.42. The fourth-order valence-electron chi connectivity index (χ4n) is 3.66. The van der Waals surface area contributed by atoms with E-state index < -0.39 is 0 Å². The lowest BCUT2D eigenvalue weighted by Crippen LogP contribution is -2.38. The van der Waals surface area contributed by atoms with Crippen LogP contribution in [0.2, 0.25) is 0 Å². The largest absolute Gasteiger partial charge is 0.378 e. The third-order valence-corrected chi connectivity index (χ3v) is 5.21. The summed E-state index contributed by atoms with van der Waals surface area (Å²) in [5, 5.41) is 0. The molecule has 1 unspecified atom stereocenters. The molecule has 138 valence electrons. The maximum atomic E-state index is 5.42. The zero-order valence-corrected chi connectivity index (χ0v) is 15.3. The van der Waals surface area contributed by atoms with E-state index in [1.165, 1.54) is 5.56 Å². The number of hydrogen-bond acceptors (Lipinski definition) is 7. The number of hydrogen-bond donors (Lipinski definition) is 0. The van der Waals surface area contributed by atoms with Crippen molar-refractivity contribution < 1.29 is 4.74 Å². The van der Waals surface area contributed by atoms with Gasteiger partial charge in [-0.2, -0.15) is 4.98 Å². The number of pyridine rings is 1. The lowest BCUT2D eigenvalue weighted by atomic mass is 10.2. The van der Waals surface area contributed by atoms with Crippen LogP contribution >= 0.6 is 0 Å². The normalized spacial score (nSPS) is 21.1. The van der Waals surface area contributed by atoms with Gasteiger partial charge in [-0.15, -0.1) is 0 Å². The first-order chi connectivity index (χ1) is 12.8. The Kier molecular flexibility index (Phi) is 5.26. The Balaban J connectivity index is 1.39. The van der Waals surface area contributed by atoms with Gasteiger partial charge in [0.15, 0.2) is 0 Å². The van der Waals surface area contributed by atoms with E-state index in [1.807, 2.05) is 30.7 Å². The molecule has 2 aliphatic rings. The van der Waals surface area contributed by atoms with E-state index >= 15 is 0 Å². The van der Waals surface area contributed by atoms with E-state index in [0.717, 1.165) is 64.1 Å². The number of morpholine rings is 1. The average Bonchev–Trinajstić information content (AvgIpc) is 3.17. The van der Waals surface area contributed by atoms with Gasteiger partial charge in [-0.05, 0) is 24.1 Å². The molecule has 2 aromatic heterocycles. The second-order valence-electron chi connectivity index (χ2n) is 6.96. The molecule has 0 aromatic carbocycles. The third-order valence-electron chi connectivity index (χ3n) is 5.21. The van der Waals surface area contributed by atoms with Crippen LogP contribution in [0.25, 0.3) is 0 Å². The molecule has 7 nitrogen and oxygen atoms in total. The van der Waals surface area contributed by atoms with Crippen molar-refractivity contribution >= 4 is 11.8 Å². The van der Waals surface area contributed by atoms with E-state index in [1.54, 1.807) is 0 Å². The predicted molar refractivity (Wildman–Crippen MR) is 101 cm³/mol. The Morgan fingerprint density at radius 1 is 1.19 bits per heavy atom. The summed E-state index contributed by atoms with van der Waals surface area (Å²) < 4.78 is 5.42. The first-order valence-electron chi connectivity index (χ1n) is 9.29. The molecule has 0 N–H and O–H groups in total. The van der Waals surface area contributed by atoms with Gasteiger partial charge in [0.1, 0.15) is 5.82 Å².